The molecule has 0 aromatic heterocycles. The Balaban J connectivity index is 2.93. The van der Waals surface area contributed by atoms with Gasteiger partial charge in [0.1, 0.15) is 4.90 Å². The predicted molar refractivity (Wildman–Crippen MR) is 75.6 cm³/mol. The molecule has 1 rings (SSSR count). The molecule has 108 valence electrons. The summed E-state index contributed by atoms with van der Waals surface area (Å²) in [5, 5.41) is 0.174. The second-order valence-corrected chi connectivity index (χ2v) is 6.24. The van der Waals surface area contributed by atoms with Crippen LogP contribution in [0.4, 0.5) is 0 Å². The number of nitrogens with one attached hydrogen (secondary N) is 1. The van der Waals surface area contributed by atoms with Crippen LogP contribution in [0.3, 0.4) is 0 Å². The molecule has 0 aliphatic carbocycles. The van der Waals surface area contributed by atoms with Gasteiger partial charge in [-0.3, -0.25) is 0 Å². The minimum absolute atomic E-state index is 0.0421. The zero-order valence-electron chi connectivity index (χ0n) is 11.0. The lowest BCUT2D eigenvalue weighted by atomic mass is 10.2. The zero-order valence-corrected chi connectivity index (χ0v) is 12.6. The topological polar surface area (TPSA) is 81.4 Å². The summed E-state index contributed by atoms with van der Waals surface area (Å²) in [5.41, 5.74) is 6.21. The largest absolute Gasteiger partial charge is 0.380 e. The van der Waals surface area contributed by atoms with Gasteiger partial charge in [-0.1, -0.05) is 17.7 Å². The summed E-state index contributed by atoms with van der Waals surface area (Å²) in [7, 11) is -3.67. The first kappa shape index (κ1) is 16.4. The van der Waals surface area contributed by atoms with Gasteiger partial charge in [0.05, 0.1) is 11.6 Å². The third kappa shape index (κ3) is 4.74. The van der Waals surface area contributed by atoms with Gasteiger partial charge in [-0.25, -0.2) is 13.1 Å². The van der Waals surface area contributed by atoms with Crippen molar-refractivity contribution in [2.75, 3.05) is 13.2 Å². The molecule has 0 heterocycles. The fourth-order valence-electron chi connectivity index (χ4n) is 1.54. The number of halogens is 1. The monoisotopic (exact) mass is 306 g/mol. The van der Waals surface area contributed by atoms with E-state index in [1.807, 2.05) is 6.92 Å². The summed E-state index contributed by atoms with van der Waals surface area (Å²) in [6, 6.07) is 4.39. The van der Waals surface area contributed by atoms with Crippen molar-refractivity contribution >= 4 is 21.6 Å². The van der Waals surface area contributed by atoms with E-state index in [4.69, 9.17) is 22.1 Å². The lowest BCUT2D eigenvalue weighted by Crippen LogP contribution is -2.36. The summed E-state index contributed by atoms with van der Waals surface area (Å²) in [4.78, 5) is 0.0421. The van der Waals surface area contributed by atoms with Crippen molar-refractivity contribution in [3.63, 3.8) is 0 Å². The van der Waals surface area contributed by atoms with Crippen LogP contribution in [0.2, 0.25) is 5.02 Å². The Labute approximate surface area is 119 Å². The Morgan fingerprint density at radius 2 is 2.16 bits per heavy atom. The summed E-state index contributed by atoms with van der Waals surface area (Å²) in [6.45, 7) is 4.68. The molecule has 0 radical (unpaired) electrons. The first-order valence-corrected chi connectivity index (χ1v) is 7.85. The molecule has 5 nitrogen and oxygen atoms in total. The smallest absolute Gasteiger partial charge is 0.242 e. The lowest BCUT2D eigenvalue weighted by molar-refractivity contribution is 0.133. The van der Waals surface area contributed by atoms with E-state index in [1.165, 1.54) is 12.1 Å². The number of hydrogen-bond acceptors (Lipinski definition) is 4. The van der Waals surface area contributed by atoms with Crippen LogP contribution in [-0.4, -0.2) is 27.7 Å². The van der Waals surface area contributed by atoms with Crippen LogP contribution < -0.4 is 10.5 Å². The maximum absolute atomic E-state index is 12.2. The highest BCUT2D eigenvalue weighted by Gasteiger charge is 2.20. The van der Waals surface area contributed by atoms with E-state index in [1.54, 1.807) is 13.0 Å². The number of rotatable bonds is 7. The van der Waals surface area contributed by atoms with Gasteiger partial charge in [0.2, 0.25) is 10.0 Å². The lowest BCUT2D eigenvalue weighted by Gasteiger charge is -2.15. The minimum Gasteiger partial charge on any atom is -0.380 e. The van der Waals surface area contributed by atoms with Crippen LogP contribution in [0.25, 0.3) is 0 Å². The first-order valence-electron chi connectivity index (χ1n) is 5.99. The van der Waals surface area contributed by atoms with E-state index in [0.717, 1.165) is 0 Å². The number of sulfonamides is 1. The van der Waals surface area contributed by atoms with E-state index in [0.29, 0.717) is 18.8 Å². The van der Waals surface area contributed by atoms with E-state index < -0.39 is 10.0 Å². The van der Waals surface area contributed by atoms with Crippen LogP contribution >= 0.6 is 11.6 Å². The molecular formula is C12H19ClN2O3S. The number of benzene rings is 1. The van der Waals surface area contributed by atoms with E-state index >= 15 is 0 Å². The fraction of sp³-hybridized carbons (Fsp3) is 0.500. The van der Waals surface area contributed by atoms with Crippen molar-refractivity contribution in [1.82, 2.24) is 4.72 Å². The van der Waals surface area contributed by atoms with Crippen molar-refractivity contribution in [1.29, 1.82) is 0 Å². The van der Waals surface area contributed by atoms with Crippen LogP contribution in [0, 0.1) is 0 Å². The molecule has 0 bridgehead atoms. The Kier molecular flexibility index (Phi) is 6.22. The van der Waals surface area contributed by atoms with Crippen molar-refractivity contribution < 1.29 is 13.2 Å². The molecular weight excluding hydrogens is 288 g/mol. The molecule has 0 saturated heterocycles. The van der Waals surface area contributed by atoms with Crippen molar-refractivity contribution in [2.45, 2.75) is 31.3 Å². The quantitative estimate of drug-likeness (QED) is 0.800. The summed E-state index contributed by atoms with van der Waals surface area (Å²) >= 11 is 5.93. The second kappa shape index (κ2) is 7.21. The molecule has 1 aromatic carbocycles. The first-order chi connectivity index (χ1) is 8.90. The third-order valence-corrected chi connectivity index (χ3v) is 4.52. The minimum atomic E-state index is -3.67. The Morgan fingerprint density at radius 3 is 2.74 bits per heavy atom. The maximum Gasteiger partial charge on any atom is 0.242 e. The van der Waals surface area contributed by atoms with Crippen molar-refractivity contribution in [2.24, 2.45) is 5.73 Å². The third-order valence-electron chi connectivity index (χ3n) is 2.45. The van der Waals surface area contributed by atoms with Crippen LogP contribution in [0.5, 0.6) is 0 Å². The fourth-order valence-corrected chi connectivity index (χ4v) is 3.32. The van der Waals surface area contributed by atoms with Gasteiger partial charge in [-0.15, -0.1) is 0 Å². The average Bonchev–Trinajstić information content (AvgIpc) is 2.36. The van der Waals surface area contributed by atoms with Gasteiger partial charge in [0.25, 0.3) is 0 Å². The summed E-state index contributed by atoms with van der Waals surface area (Å²) in [5.74, 6) is 0. The van der Waals surface area contributed by atoms with Crippen molar-refractivity contribution in [3.8, 4) is 0 Å². The van der Waals surface area contributed by atoms with Crippen LogP contribution in [-0.2, 0) is 21.3 Å². The SMILES string of the molecule is CCOCC(C)NS(=O)(=O)c1cc(CN)ccc1Cl. The second-order valence-electron chi connectivity index (χ2n) is 4.15. The van der Waals surface area contributed by atoms with Crippen molar-refractivity contribution in [3.05, 3.63) is 28.8 Å². The highest BCUT2D eigenvalue weighted by Crippen LogP contribution is 2.22. The van der Waals surface area contributed by atoms with Gasteiger partial charge in [0.15, 0.2) is 0 Å². The standard InChI is InChI=1S/C12H19ClN2O3S/c1-3-18-8-9(2)15-19(16,17)12-6-10(7-14)4-5-11(12)13/h4-6,9,15H,3,7-8,14H2,1-2H3. The molecule has 1 atom stereocenters. The molecule has 0 spiro atoms. The maximum atomic E-state index is 12.2. The molecule has 1 unspecified atom stereocenters. The van der Waals surface area contributed by atoms with E-state index in [-0.39, 0.29) is 22.5 Å². The van der Waals surface area contributed by atoms with Crippen LogP contribution in [0.1, 0.15) is 19.4 Å². The molecule has 0 aliphatic rings. The predicted octanol–water partition coefficient (Wildman–Crippen LogP) is 1.50. The summed E-state index contributed by atoms with van der Waals surface area (Å²) < 4.78 is 32.1. The zero-order chi connectivity index (χ0) is 14.5. The average molecular weight is 307 g/mol. The van der Waals surface area contributed by atoms with E-state index in [2.05, 4.69) is 4.72 Å². The Bertz CT molecular complexity index is 520. The molecule has 1 aromatic rings. The normalized spacial score (nSPS) is 13.5. The number of ether oxygens (including phenoxy) is 1. The summed E-state index contributed by atoms with van der Waals surface area (Å²) in [6.07, 6.45) is 0. The Morgan fingerprint density at radius 1 is 1.47 bits per heavy atom. The van der Waals surface area contributed by atoms with Gasteiger partial charge in [-0.2, -0.15) is 0 Å². The molecule has 7 heteroatoms. The van der Waals surface area contributed by atoms with Gasteiger partial charge in [0, 0.05) is 19.2 Å². The molecule has 19 heavy (non-hydrogen) atoms. The molecule has 0 amide bonds. The van der Waals surface area contributed by atoms with Gasteiger partial charge >= 0.3 is 0 Å². The Hall–Kier alpha value is -0.660. The van der Waals surface area contributed by atoms with E-state index in [9.17, 15) is 8.42 Å². The number of nitrogens with two attached hydrogens (primary N) is 1. The molecule has 0 saturated carbocycles. The molecule has 0 aliphatic heterocycles. The van der Waals surface area contributed by atoms with Gasteiger partial charge < -0.3 is 10.5 Å². The number of hydrogen-bond donors (Lipinski definition) is 2. The highest BCUT2D eigenvalue weighted by molar-refractivity contribution is 7.89. The highest BCUT2D eigenvalue weighted by atomic mass is 35.5. The molecule has 0 fully saturated rings. The van der Waals surface area contributed by atoms with Crippen LogP contribution in [0.15, 0.2) is 23.1 Å². The van der Waals surface area contributed by atoms with Gasteiger partial charge in [-0.05, 0) is 31.5 Å². The molecule has 3 N–H and O–H groups in total.